The third kappa shape index (κ3) is 3.64. The molecule has 0 unspecified atom stereocenters. The Labute approximate surface area is 216 Å². The number of benzene rings is 2. The highest BCUT2D eigenvalue weighted by Crippen LogP contribution is 2.48. The molecule has 3 N–H and O–H groups in total. The van der Waals surface area contributed by atoms with Crippen LogP contribution < -0.4 is 5.32 Å². The average molecular weight is 518 g/mol. The summed E-state index contributed by atoms with van der Waals surface area (Å²) in [5, 5.41) is 16.7. The summed E-state index contributed by atoms with van der Waals surface area (Å²) in [5.41, 5.74) is 2.49. The molecule has 2 aliphatic heterocycles. The smallest absolute Gasteiger partial charge is 0.223 e. The van der Waals surface area contributed by atoms with E-state index < -0.39 is 5.54 Å². The number of nitrogens with zero attached hydrogens (tertiary/aromatic N) is 4. The first kappa shape index (κ1) is 23.2. The molecule has 9 nitrogen and oxygen atoms in total. The van der Waals surface area contributed by atoms with Crippen LogP contribution in [0.15, 0.2) is 47.0 Å². The highest BCUT2D eigenvalue weighted by atomic mass is 19.1. The van der Waals surface area contributed by atoms with Crippen LogP contribution in [0.3, 0.4) is 0 Å². The van der Waals surface area contributed by atoms with Gasteiger partial charge in [0, 0.05) is 42.3 Å². The van der Waals surface area contributed by atoms with E-state index in [2.05, 4.69) is 25.7 Å². The number of aromatic nitrogens is 6. The SMILES string of the molecule is Cc1nc([C@]2(C3CCOCC3)N[C@@H](c3nc(-c4ccc(F)cc4)n[nH]3)Cc3c2[nH]c2cc(F)ccc32)no1. The minimum Gasteiger partial charge on any atom is -0.381 e. The molecule has 7 rings (SSSR count). The lowest BCUT2D eigenvalue weighted by molar-refractivity contribution is 0.0272. The highest BCUT2D eigenvalue weighted by molar-refractivity contribution is 5.86. The van der Waals surface area contributed by atoms with Gasteiger partial charge >= 0.3 is 0 Å². The zero-order chi connectivity index (χ0) is 25.9. The van der Waals surface area contributed by atoms with E-state index in [0.717, 1.165) is 29.5 Å². The van der Waals surface area contributed by atoms with Crippen molar-refractivity contribution in [3.05, 3.63) is 82.9 Å². The van der Waals surface area contributed by atoms with Crippen LogP contribution in [0.2, 0.25) is 0 Å². The topological polar surface area (TPSA) is 118 Å². The number of aromatic amines is 2. The predicted octanol–water partition coefficient (Wildman–Crippen LogP) is 4.48. The van der Waals surface area contributed by atoms with Gasteiger partial charge in [-0.05, 0) is 73.2 Å². The van der Waals surface area contributed by atoms with Crippen LogP contribution in [0.1, 0.15) is 47.7 Å². The number of H-pyrrole nitrogens is 2. The Morgan fingerprint density at radius 2 is 1.79 bits per heavy atom. The molecular weight excluding hydrogens is 492 g/mol. The average Bonchev–Trinajstić information content (AvgIpc) is 3.68. The van der Waals surface area contributed by atoms with E-state index >= 15 is 0 Å². The van der Waals surface area contributed by atoms with Crippen LogP contribution in [0.25, 0.3) is 22.3 Å². The predicted molar refractivity (Wildman–Crippen MR) is 133 cm³/mol. The highest BCUT2D eigenvalue weighted by Gasteiger charge is 2.53. The molecule has 0 spiro atoms. The fourth-order valence-corrected chi connectivity index (χ4v) is 5.97. The maximum absolute atomic E-state index is 14.3. The molecule has 5 heterocycles. The number of aryl methyl sites for hydroxylation is 1. The van der Waals surface area contributed by atoms with Crippen molar-refractivity contribution in [2.45, 2.75) is 37.8 Å². The normalized spacial score (nSPS) is 22.1. The van der Waals surface area contributed by atoms with Crippen molar-refractivity contribution < 1.29 is 18.0 Å². The lowest BCUT2D eigenvalue weighted by Crippen LogP contribution is -2.56. The molecule has 0 bridgehead atoms. The number of nitrogens with one attached hydrogen (secondary N) is 3. The summed E-state index contributed by atoms with van der Waals surface area (Å²) in [5.74, 6) is 1.50. The van der Waals surface area contributed by atoms with Gasteiger partial charge in [-0.3, -0.25) is 10.4 Å². The number of rotatable bonds is 4. The lowest BCUT2D eigenvalue weighted by Gasteiger charge is -2.45. The van der Waals surface area contributed by atoms with Gasteiger partial charge in [-0.15, -0.1) is 0 Å². The third-order valence-corrected chi connectivity index (χ3v) is 7.72. The van der Waals surface area contributed by atoms with Crippen molar-refractivity contribution >= 4 is 10.9 Å². The molecule has 1 fully saturated rings. The maximum atomic E-state index is 14.3. The van der Waals surface area contributed by atoms with E-state index in [1.54, 1.807) is 19.1 Å². The molecule has 2 aliphatic rings. The molecule has 194 valence electrons. The minimum atomic E-state index is -0.863. The lowest BCUT2D eigenvalue weighted by atomic mass is 9.71. The quantitative estimate of drug-likeness (QED) is 0.322. The summed E-state index contributed by atoms with van der Waals surface area (Å²) >= 11 is 0. The number of hydrogen-bond acceptors (Lipinski definition) is 7. The van der Waals surface area contributed by atoms with E-state index in [1.165, 1.54) is 24.3 Å². The molecular formula is C27H25F2N7O2. The molecule has 3 aromatic heterocycles. The third-order valence-electron chi connectivity index (χ3n) is 7.72. The maximum Gasteiger partial charge on any atom is 0.223 e. The molecule has 0 radical (unpaired) electrons. The second-order valence-electron chi connectivity index (χ2n) is 9.95. The zero-order valence-electron chi connectivity index (χ0n) is 20.6. The molecule has 2 atom stereocenters. The number of fused-ring (bicyclic) bond motifs is 3. The zero-order valence-corrected chi connectivity index (χ0v) is 20.6. The largest absolute Gasteiger partial charge is 0.381 e. The summed E-state index contributed by atoms with van der Waals surface area (Å²) in [4.78, 5) is 13.0. The Hall–Kier alpha value is -3.96. The van der Waals surface area contributed by atoms with Crippen LogP contribution in [-0.2, 0) is 16.7 Å². The van der Waals surface area contributed by atoms with Gasteiger partial charge in [0.2, 0.25) is 5.89 Å². The van der Waals surface area contributed by atoms with Crippen LogP contribution in [0, 0.1) is 24.5 Å². The van der Waals surface area contributed by atoms with Gasteiger partial charge in [0.25, 0.3) is 0 Å². The van der Waals surface area contributed by atoms with Gasteiger partial charge in [0.15, 0.2) is 11.6 Å². The molecule has 0 amide bonds. The van der Waals surface area contributed by atoms with Gasteiger partial charge in [-0.25, -0.2) is 13.8 Å². The van der Waals surface area contributed by atoms with Gasteiger partial charge in [0.1, 0.15) is 23.0 Å². The van der Waals surface area contributed by atoms with Crippen molar-refractivity contribution in [3.63, 3.8) is 0 Å². The van der Waals surface area contributed by atoms with Gasteiger partial charge in [-0.2, -0.15) is 10.1 Å². The Morgan fingerprint density at radius 1 is 1.00 bits per heavy atom. The van der Waals surface area contributed by atoms with Gasteiger partial charge < -0.3 is 14.2 Å². The fourth-order valence-electron chi connectivity index (χ4n) is 5.97. The summed E-state index contributed by atoms with van der Waals surface area (Å²) < 4.78 is 38.9. The monoisotopic (exact) mass is 517 g/mol. The molecule has 11 heteroatoms. The van der Waals surface area contributed by atoms with E-state index in [9.17, 15) is 8.78 Å². The molecule has 38 heavy (non-hydrogen) atoms. The van der Waals surface area contributed by atoms with Crippen molar-refractivity contribution in [2.24, 2.45) is 5.92 Å². The second kappa shape index (κ2) is 8.81. The van der Waals surface area contributed by atoms with E-state index in [1.807, 2.05) is 6.07 Å². The number of halogens is 2. The first-order valence-corrected chi connectivity index (χ1v) is 12.7. The first-order chi connectivity index (χ1) is 18.5. The molecule has 0 saturated carbocycles. The molecule has 0 aliphatic carbocycles. The molecule has 5 aromatic rings. The van der Waals surface area contributed by atoms with Crippen molar-refractivity contribution in [1.82, 2.24) is 35.6 Å². The molecule has 1 saturated heterocycles. The van der Waals surface area contributed by atoms with Crippen LogP contribution in [0.4, 0.5) is 8.78 Å². The summed E-state index contributed by atoms with van der Waals surface area (Å²) in [7, 11) is 0. The van der Waals surface area contributed by atoms with E-state index in [4.69, 9.17) is 19.2 Å². The second-order valence-corrected chi connectivity index (χ2v) is 9.95. The number of ether oxygens (including phenoxy) is 1. The van der Waals surface area contributed by atoms with Crippen molar-refractivity contribution in [2.75, 3.05) is 13.2 Å². The minimum absolute atomic E-state index is 0.0622. The van der Waals surface area contributed by atoms with Crippen LogP contribution >= 0.6 is 0 Å². The summed E-state index contributed by atoms with van der Waals surface area (Å²) in [6.07, 6.45) is 2.11. The fraction of sp³-hybridized carbons (Fsp3) is 0.333. The van der Waals surface area contributed by atoms with Gasteiger partial charge in [0.05, 0.1) is 6.04 Å². The van der Waals surface area contributed by atoms with Crippen molar-refractivity contribution in [3.8, 4) is 11.4 Å². The molecule has 2 aromatic carbocycles. The van der Waals surface area contributed by atoms with E-state index in [-0.39, 0.29) is 23.6 Å². The number of hydrogen-bond donors (Lipinski definition) is 3. The van der Waals surface area contributed by atoms with Crippen LogP contribution in [0.5, 0.6) is 0 Å². The summed E-state index contributed by atoms with van der Waals surface area (Å²) in [6, 6.07) is 10.6. The summed E-state index contributed by atoms with van der Waals surface area (Å²) in [6.45, 7) is 2.98. The van der Waals surface area contributed by atoms with E-state index in [0.29, 0.717) is 54.1 Å². The van der Waals surface area contributed by atoms with Crippen molar-refractivity contribution in [1.29, 1.82) is 0 Å². The van der Waals surface area contributed by atoms with Gasteiger partial charge in [-0.1, -0.05) is 5.16 Å². The van der Waals surface area contributed by atoms with Crippen LogP contribution in [-0.4, -0.2) is 43.5 Å². The Kier molecular flexibility index (Phi) is 5.38. The Morgan fingerprint density at radius 3 is 2.55 bits per heavy atom. The standard InChI is InChI=1S/C27H25F2N7O2/c1-14-30-26(36-38-14)27(16-8-10-37-11-9-16)23-20(19-7-6-18(29)12-21(19)31-23)13-22(33-27)25-32-24(34-35-25)15-2-4-17(28)5-3-15/h2-7,12,16,22,31,33H,8-11,13H2,1H3,(H,32,34,35)/t22-,27-/m1/s1. The Balaban J connectivity index is 1.41. The Bertz CT molecular complexity index is 1620. The first-order valence-electron chi connectivity index (χ1n) is 12.7.